The number of rotatable bonds is 3. The fourth-order valence-corrected chi connectivity index (χ4v) is 5.18. The van der Waals surface area contributed by atoms with Gasteiger partial charge in [-0.15, -0.1) is 11.8 Å². The van der Waals surface area contributed by atoms with Crippen molar-refractivity contribution in [2.75, 3.05) is 12.9 Å². The average Bonchev–Trinajstić information content (AvgIpc) is 3.07. The monoisotopic (exact) mass is 395 g/mol. The van der Waals surface area contributed by atoms with Gasteiger partial charge in [0.05, 0.1) is 7.11 Å². The molecule has 2 aromatic rings. The van der Waals surface area contributed by atoms with Crippen molar-refractivity contribution in [2.24, 2.45) is 10.9 Å². The third kappa shape index (κ3) is 3.55. The Hall–Kier alpha value is -2.27. The molecule has 2 aliphatic rings. The lowest BCUT2D eigenvalue weighted by Crippen LogP contribution is -2.35. The van der Waals surface area contributed by atoms with Crippen molar-refractivity contribution in [3.05, 3.63) is 59.7 Å². The van der Waals surface area contributed by atoms with Crippen molar-refractivity contribution in [3.63, 3.8) is 0 Å². The molecule has 0 spiro atoms. The number of hydrogen-bond donors (Lipinski definition) is 0. The molecular weight excluding hydrogens is 370 g/mol. The fourth-order valence-electron chi connectivity index (χ4n) is 3.95. The van der Waals surface area contributed by atoms with Crippen LogP contribution in [0.25, 0.3) is 0 Å². The normalized spacial score (nSPS) is 23.4. The van der Waals surface area contributed by atoms with E-state index in [1.165, 1.54) is 4.90 Å². The summed E-state index contributed by atoms with van der Waals surface area (Å²) in [7, 11) is 1.66. The van der Waals surface area contributed by atoms with E-state index in [1.54, 1.807) is 7.11 Å². The zero-order valence-electron chi connectivity index (χ0n) is 16.6. The largest absolute Gasteiger partial charge is 0.497 e. The number of carbonyl (C=O) groups excluding carboxylic acids is 1. The number of methoxy groups -OCH3 is 1. The van der Waals surface area contributed by atoms with Crippen molar-refractivity contribution in [1.82, 2.24) is 0 Å². The standard InChI is InChI=1S/C23H25NO3S/c1-23(2,3)27-22(25)21-19(14-9-11-15(26-4)12-10-14)17-13-28-18-8-6-5-7-16(18)20(17)24-21/h5-12,17,19,21H,13H2,1-4H3/t17-,19-,21-/m1/s1. The van der Waals surface area contributed by atoms with Gasteiger partial charge in [0, 0.05) is 33.8 Å². The maximum Gasteiger partial charge on any atom is 0.332 e. The van der Waals surface area contributed by atoms with Crippen LogP contribution in [-0.2, 0) is 9.53 Å². The van der Waals surface area contributed by atoms with Gasteiger partial charge in [0.15, 0.2) is 6.04 Å². The van der Waals surface area contributed by atoms with Gasteiger partial charge in [-0.05, 0) is 44.5 Å². The first-order valence-corrected chi connectivity index (χ1v) is 10.5. The molecule has 28 heavy (non-hydrogen) atoms. The average molecular weight is 396 g/mol. The van der Waals surface area contributed by atoms with E-state index in [-0.39, 0.29) is 17.8 Å². The molecule has 5 heteroatoms. The van der Waals surface area contributed by atoms with Crippen LogP contribution < -0.4 is 4.74 Å². The molecule has 0 aromatic heterocycles. The van der Waals surface area contributed by atoms with Crippen molar-refractivity contribution in [1.29, 1.82) is 0 Å². The van der Waals surface area contributed by atoms with Crippen LogP contribution in [0, 0.1) is 5.92 Å². The Morgan fingerprint density at radius 1 is 1.11 bits per heavy atom. The first kappa shape index (κ1) is 19.1. The Bertz CT molecular complexity index is 914. The molecule has 0 saturated carbocycles. The van der Waals surface area contributed by atoms with E-state index in [9.17, 15) is 4.79 Å². The molecule has 0 radical (unpaired) electrons. The Labute approximate surface area is 170 Å². The van der Waals surface area contributed by atoms with Crippen LogP contribution in [0.5, 0.6) is 5.75 Å². The van der Waals surface area contributed by atoms with Crippen LogP contribution in [0.1, 0.15) is 37.8 Å². The summed E-state index contributed by atoms with van der Waals surface area (Å²) in [6.07, 6.45) is 0. The molecule has 146 valence electrons. The number of nitrogens with zero attached hydrogens (tertiary/aromatic N) is 1. The molecule has 0 unspecified atom stereocenters. The SMILES string of the molecule is COc1ccc([C@@H]2[C@H]3CSc4ccccc4C3=N[C@H]2C(=O)OC(C)(C)C)cc1. The number of ether oxygens (including phenoxy) is 2. The number of benzene rings is 2. The molecule has 3 atom stereocenters. The second-order valence-corrected chi connectivity index (χ2v) is 9.27. The highest BCUT2D eigenvalue weighted by molar-refractivity contribution is 7.99. The van der Waals surface area contributed by atoms with Gasteiger partial charge in [-0.1, -0.05) is 30.3 Å². The quantitative estimate of drug-likeness (QED) is 0.706. The number of thioether (sulfide) groups is 1. The van der Waals surface area contributed by atoms with E-state index in [0.717, 1.165) is 28.3 Å². The van der Waals surface area contributed by atoms with Gasteiger partial charge in [0.1, 0.15) is 11.4 Å². The molecule has 0 fully saturated rings. The predicted molar refractivity (Wildman–Crippen MR) is 113 cm³/mol. The van der Waals surface area contributed by atoms with E-state index < -0.39 is 11.6 Å². The van der Waals surface area contributed by atoms with Gasteiger partial charge in [-0.3, -0.25) is 4.99 Å². The van der Waals surface area contributed by atoms with Gasteiger partial charge < -0.3 is 9.47 Å². The van der Waals surface area contributed by atoms with Crippen LogP contribution >= 0.6 is 11.8 Å². The highest BCUT2D eigenvalue weighted by Gasteiger charge is 2.47. The minimum atomic E-state index is -0.540. The molecule has 2 heterocycles. The van der Waals surface area contributed by atoms with E-state index in [2.05, 4.69) is 12.1 Å². The molecule has 4 nitrogen and oxygen atoms in total. The Morgan fingerprint density at radius 2 is 1.82 bits per heavy atom. The Morgan fingerprint density at radius 3 is 2.50 bits per heavy atom. The maximum atomic E-state index is 13.1. The zero-order valence-corrected chi connectivity index (χ0v) is 17.5. The third-order valence-electron chi connectivity index (χ3n) is 5.13. The van der Waals surface area contributed by atoms with Crippen LogP contribution in [0.2, 0.25) is 0 Å². The smallest absolute Gasteiger partial charge is 0.332 e. The molecular formula is C23H25NO3S. The number of carbonyl (C=O) groups is 1. The van der Waals surface area contributed by atoms with Crippen molar-refractivity contribution >= 4 is 23.4 Å². The van der Waals surface area contributed by atoms with Crippen molar-refractivity contribution in [3.8, 4) is 5.75 Å². The lowest BCUT2D eigenvalue weighted by atomic mass is 9.80. The van der Waals surface area contributed by atoms with Crippen LogP contribution in [-0.4, -0.2) is 36.2 Å². The van der Waals surface area contributed by atoms with Gasteiger partial charge in [0.2, 0.25) is 0 Å². The molecule has 0 aliphatic carbocycles. The van der Waals surface area contributed by atoms with Gasteiger partial charge >= 0.3 is 5.97 Å². The Kier molecular flexibility index (Phi) is 4.96. The lowest BCUT2D eigenvalue weighted by molar-refractivity contribution is -0.156. The second-order valence-electron chi connectivity index (χ2n) is 8.21. The van der Waals surface area contributed by atoms with E-state index in [0.29, 0.717) is 0 Å². The van der Waals surface area contributed by atoms with E-state index >= 15 is 0 Å². The van der Waals surface area contributed by atoms with Crippen LogP contribution in [0.4, 0.5) is 0 Å². The highest BCUT2D eigenvalue weighted by Crippen LogP contribution is 2.46. The zero-order chi connectivity index (χ0) is 19.9. The summed E-state index contributed by atoms with van der Waals surface area (Å²) in [6.45, 7) is 5.69. The number of fused-ring (bicyclic) bond motifs is 3. The number of aliphatic imine (C=N–C) groups is 1. The first-order valence-electron chi connectivity index (χ1n) is 9.54. The van der Waals surface area contributed by atoms with Crippen molar-refractivity contribution in [2.45, 2.75) is 43.2 Å². The Balaban J connectivity index is 1.75. The molecule has 4 rings (SSSR count). The third-order valence-corrected chi connectivity index (χ3v) is 6.33. The van der Waals surface area contributed by atoms with E-state index in [1.807, 2.05) is 68.9 Å². The molecule has 0 N–H and O–H groups in total. The molecule has 0 saturated heterocycles. The van der Waals surface area contributed by atoms with Crippen LogP contribution in [0.3, 0.4) is 0 Å². The maximum absolute atomic E-state index is 13.1. The second kappa shape index (κ2) is 7.28. The number of esters is 1. The fraction of sp³-hybridized carbons (Fsp3) is 0.391. The summed E-state index contributed by atoms with van der Waals surface area (Å²) in [4.78, 5) is 19.2. The predicted octanol–water partition coefficient (Wildman–Crippen LogP) is 4.71. The van der Waals surface area contributed by atoms with Gasteiger partial charge in [-0.2, -0.15) is 0 Å². The van der Waals surface area contributed by atoms with Crippen LogP contribution in [0.15, 0.2) is 58.4 Å². The summed E-state index contributed by atoms with van der Waals surface area (Å²) in [5, 5.41) is 0. The van der Waals surface area contributed by atoms with Crippen molar-refractivity contribution < 1.29 is 14.3 Å². The van der Waals surface area contributed by atoms with Gasteiger partial charge in [0.25, 0.3) is 0 Å². The van der Waals surface area contributed by atoms with Gasteiger partial charge in [-0.25, -0.2) is 4.79 Å². The summed E-state index contributed by atoms with van der Waals surface area (Å²) in [6, 6.07) is 15.8. The molecule has 0 bridgehead atoms. The minimum Gasteiger partial charge on any atom is -0.497 e. The summed E-state index contributed by atoms with van der Waals surface area (Å²) < 4.78 is 11.0. The van der Waals surface area contributed by atoms with E-state index in [4.69, 9.17) is 14.5 Å². The topological polar surface area (TPSA) is 47.9 Å². The first-order chi connectivity index (χ1) is 13.4. The number of hydrogen-bond acceptors (Lipinski definition) is 5. The molecule has 2 aliphatic heterocycles. The highest BCUT2D eigenvalue weighted by atomic mass is 32.2. The summed E-state index contributed by atoms with van der Waals surface area (Å²) in [5.74, 6) is 1.62. The molecule has 2 aromatic carbocycles. The molecule has 0 amide bonds. The lowest BCUT2D eigenvalue weighted by Gasteiger charge is -2.29. The minimum absolute atomic E-state index is 0.0309. The summed E-state index contributed by atoms with van der Waals surface area (Å²) >= 11 is 1.84. The summed E-state index contributed by atoms with van der Waals surface area (Å²) in [5.41, 5.74) is 2.74.